The summed E-state index contributed by atoms with van der Waals surface area (Å²) in [5.74, 6) is 0.697. The molecule has 1 amide bonds. The highest BCUT2D eigenvalue weighted by Gasteiger charge is 2.14. The van der Waals surface area contributed by atoms with E-state index < -0.39 is 5.97 Å². The van der Waals surface area contributed by atoms with E-state index in [4.69, 9.17) is 4.74 Å². The van der Waals surface area contributed by atoms with Gasteiger partial charge in [-0.3, -0.25) is 4.79 Å². The second-order valence-corrected chi connectivity index (χ2v) is 6.29. The highest BCUT2D eigenvalue weighted by atomic mass is 16.5. The molecule has 26 heavy (non-hydrogen) atoms. The van der Waals surface area contributed by atoms with Crippen LogP contribution in [0.2, 0.25) is 0 Å². The van der Waals surface area contributed by atoms with Crippen molar-refractivity contribution in [3.05, 3.63) is 47.4 Å². The van der Waals surface area contributed by atoms with Gasteiger partial charge in [-0.25, -0.2) is 14.8 Å². The zero-order valence-corrected chi connectivity index (χ0v) is 15.5. The zero-order valence-electron chi connectivity index (χ0n) is 15.5. The minimum Gasteiger partial charge on any atom is -0.465 e. The van der Waals surface area contributed by atoms with Crippen LogP contribution in [0.25, 0.3) is 0 Å². The van der Waals surface area contributed by atoms with Crippen molar-refractivity contribution >= 4 is 23.4 Å². The van der Waals surface area contributed by atoms with Crippen LogP contribution < -0.4 is 10.6 Å². The Morgan fingerprint density at radius 1 is 1.19 bits per heavy atom. The number of para-hydroxylation sites is 1. The van der Waals surface area contributed by atoms with E-state index in [2.05, 4.69) is 34.4 Å². The van der Waals surface area contributed by atoms with Crippen LogP contribution in [0.5, 0.6) is 0 Å². The molecule has 2 aromatic rings. The number of aromatic nitrogens is 2. The SMILES string of the molecule is COC(=O)c1ccccc1Nc1cc(C(=O)NCCC(C)C)nc(C)n1. The molecule has 2 N–H and O–H groups in total. The van der Waals surface area contributed by atoms with E-state index in [1.165, 1.54) is 7.11 Å². The molecule has 0 saturated heterocycles. The average Bonchev–Trinajstić information content (AvgIpc) is 2.60. The van der Waals surface area contributed by atoms with Gasteiger partial charge in [0.25, 0.3) is 5.91 Å². The number of aryl methyl sites for hydroxylation is 1. The minimum absolute atomic E-state index is 0.250. The second kappa shape index (κ2) is 8.94. The third kappa shape index (κ3) is 5.27. The molecular weight excluding hydrogens is 332 g/mol. The van der Waals surface area contributed by atoms with E-state index in [9.17, 15) is 9.59 Å². The Balaban J connectivity index is 2.20. The largest absolute Gasteiger partial charge is 0.465 e. The smallest absolute Gasteiger partial charge is 0.339 e. The molecule has 0 radical (unpaired) electrons. The molecule has 1 heterocycles. The van der Waals surface area contributed by atoms with Crippen LogP contribution in [-0.2, 0) is 4.74 Å². The van der Waals surface area contributed by atoms with Crippen LogP contribution in [-0.4, -0.2) is 35.5 Å². The lowest BCUT2D eigenvalue weighted by molar-refractivity contribution is 0.0601. The van der Waals surface area contributed by atoms with E-state index >= 15 is 0 Å². The molecule has 0 spiro atoms. The van der Waals surface area contributed by atoms with Gasteiger partial charge in [0.15, 0.2) is 0 Å². The fourth-order valence-electron chi connectivity index (χ4n) is 2.33. The van der Waals surface area contributed by atoms with Crippen LogP contribution in [0, 0.1) is 12.8 Å². The summed E-state index contributed by atoms with van der Waals surface area (Å²) < 4.78 is 4.79. The van der Waals surface area contributed by atoms with Gasteiger partial charge in [0.1, 0.15) is 17.3 Å². The number of nitrogens with zero attached hydrogens (tertiary/aromatic N) is 2. The number of hydrogen-bond donors (Lipinski definition) is 2. The Hall–Kier alpha value is -2.96. The zero-order chi connectivity index (χ0) is 19.1. The Morgan fingerprint density at radius 2 is 1.92 bits per heavy atom. The monoisotopic (exact) mass is 356 g/mol. The number of amides is 1. The number of hydrogen-bond acceptors (Lipinski definition) is 6. The number of ether oxygens (including phenoxy) is 1. The van der Waals surface area contributed by atoms with Crippen molar-refractivity contribution in [1.82, 2.24) is 15.3 Å². The lowest BCUT2D eigenvalue weighted by Crippen LogP contribution is -2.26. The van der Waals surface area contributed by atoms with Crippen LogP contribution >= 0.6 is 0 Å². The quantitative estimate of drug-likeness (QED) is 0.741. The Bertz CT molecular complexity index is 790. The van der Waals surface area contributed by atoms with E-state index in [1.54, 1.807) is 37.3 Å². The van der Waals surface area contributed by atoms with E-state index in [0.29, 0.717) is 35.4 Å². The molecule has 0 unspecified atom stereocenters. The van der Waals surface area contributed by atoms with Gasteiger partial charge in [-0.05, 0) is 31.4 Å². The van der Waals surface area contributed by atoms with Crippen LogP contribution in [0.4, 0.5) is 11.5 Å². The lowest BCUT2D eigenvalue weighted by Gasteiger charge is -2.12. The van der Waals surface area contributed by atoms with E-state index in [0.717, 1.165) is 6.42 Å². The van der Waals surface area contributed by atoms with Gasteiger partial charge in [0, 0.05) is 12.6 Å². The van der Waals surface area contributed by atoms with Crippen molar-refractivity contribution < 1.29 is 14.3 Å². The van der Waals surface area contributed by atoms with Crippen molar-refractivity contribution in [3.63, 3.8) is 0 Å². The van der Waals surface area contributed by atoms with E-state index in [-0.39, 0.29) is 11.6 Å². The molecule has 0 saturated carbocycles. The van der Waals surface area contributed by atoms with Crippen molar-refractivity contribution in [3.8, 4) is 0 Å². The van der Waals surface area contributed by atoms with Gasteiger partial charge in [-0.1, -0.05) is 26.0 Å². The molecule has 0 fully saturated rings. The first-order chi connectivity index (χ1) is 12.4. The van der Waals surface area contributed by atoms with Gasteiger partial charge in [0.2, 0.25) is 0 Å². The van der Waals surface area contributed by atoms with Crippen molar-refractivity contribution in [1.29, 1.82) is 0 Å². The third-order valence-electron chi connectivity index (χ3n) is 3.67. The molecule has 1 aromatic carbocycles. The van der Waals surface area contributed by atoms with Gasteiger partial charge >= 0.3 is 5.97 Å². The molecule has 1 aromatic heterocycles. The number of anilines is 2. The molecule has 0 bridgehead atoms. The first-order valence-corrected chi connectivity index (χ1v) is 8.49. The maximum atomic E-state index is 12.3. The van der Waals surface area contributed by atoms with Gasteiger partial charge in [0.05, 0.1) is 18.4 Å². The molecule has 0 aliphatic rings. The van der Waals surface area contributed by atoms with Crippen molar-refractivity contribution in [2.45, 2.75) is 27.2 Å². The summed E-state index contributed by atoms with van der Waals surface area (Å²) >= 11 is 0. The lowest BCUT2D eigenvalue weighted by atomic mass is 10.1. The van der Waals surface area contributed by atoms with Crippen molar-refractivity contribution in [2.24, 2.45) is 5.92 Å². The Kier molecular flexibility index (Phi) is 6.66. The van der Waals surface area contributed by atoms with Crippen LogP contribution in [0.15, 0.2) is 30.3 Å². The maximum absolute atomic E-state index is 12.3. The molecule has 2 rings (SSSR count). The van der Waals surface area contributed by atoms with Gasteiger partial charge < -0.3 is 15.4 Å². The summed E-state index contributed by atoms with van der Waals surface area (Å²) in [6.07, 6.45) is 0.896. The van der Waals surface area contributed by atoms with Gasteiger partial charge in [-0.2, -0.15) is 0 Å². The maximum Gasteiger partial charge on any atom is 0.339 e. The second-order valence-electron chi connectivity index (χ2n) is 6.29. The summed E-state index contributed by atoms with van der Waals surface area (Å²) in [5.41, 5.74) is 1.21. The Morgan fingerprint density at radius 3 is 2.62 bits per heavy atom. The summed E-state index contributed by atoms with van der Waals surface area (Å²) in [5, 5.41) is 5.92. The number of carbonyl (C=O) groups is 2. The molecule has 0 atom stereocenters. The molecule has 0 aliphatic heterocycles. The molecule has 0 aliphatic carbocycles. The highest BCUT2D eigenvalue weighted by molar-refractivity contribution is 5.97. The number of carbonyl (C=O) groups excluding carboxylic acids is 2. The molecule has 138 valence electrons. The highest BCUT2D eigenvalue weighted by Crippen LogP contribution is 2.21. The van der Waals surface area contributed by atoms with Crippen molar-refractivity contribution in [2.75, 3.05) is 19.0 Å². The molecular formula is C19H24N4O3. The summed E-state index contributed by atoms with van der Waals surface area (Å²) in [7, 11) is 1.33. The first kappa shape index (κ1) is 19.4. The number of benzene rings is 1. The fourth-order valence-corrected chi connectivity index (χ4v) is 2.33. The number of methoxy groups -OCH3 is 1. The Labute approximate surface area is 153 Å². The summed E-state index contributed by atoms with van der Waals surface area (Å²) in [4.78, 5) is 32.7. The summed E-state index contributed by atoms with van der Waals surface area (Å²) in [6.45, 7) is 6.50. The number of rotatable bonds is 7. The minimum atomic E-state index is -0.453. The number of esters is 1. The third-order valence-corrected chi connectivity index (χ3v) is 3.67. The average molecular weight is 356 g/mol. The predicted molar refractivity (Wildman–Crippen MR) is 99.6 cm³/mol. The predicted octanol–water partition coefficient (Wildman–Crippen LogP) is 3.09. The summed E-state index contributed by atoms with van der Waals surface area (Å²) in [6, 6.07) is 8.50. The van der Waals surface area contributed by atoms with E-state index in [1.807, 2.05) is 0 Å². The van der Waals surface area contributed by atoms with Gasteiger partial charge in [-0.15, -0.1) is 0 Å². The number of nitrogens with one attached hydrogen (secondary N) is 2. The van der Waals surface area contributed by atoms with Crippen LogP contribution in [0.3, 0.4) is 0 Å². The fraction of sp³-hybridized carbons (Fsp3) is 0.368. The molecule has 7 heteroatoms. The normalized spacial score (nSPS) is 10.5. The van der Waals surface area contributed by atoms with Crippen LogP contribution in [0.1, 0.15) is 46.9 Å². The first-order valence-electron chi connectivity index (χ1n) is 8.49. The molecule has 7 nitrogen and oxygen atoms in total. The topological polar surface area (TPSA) is 93.2 Å². The standard InChI is InChI=1S/C19H24N4O3/c1-12(2)9-10-20-18(24)16-11-17(22-13(3)21-16)23-15-8-6-5-7-14(15)19(25)26-4/h5-8,11-12H,9-10H2,1-4H3,(H,20,24)(H,21,22,23).